The normalized spacial score (nSPS) is 12.7. The minimum absolute atomic E-state index is 0.349. The molecule has 0 aliphatic carbocycles. The first-order valence-corrected chi connectivity index (χ1v) is 5.95. The maximum atomic E-state index is 13.3. The van der Waals surface area contributed by atoms with E-state index in [1.807, 2.05) is 6.92 Å². The lowest BCUT2D eigenvalue weighted by Crippen LogP contribution is -2.10. The molecule has 0 spiro atoms. The van der Waals surface area contributed by atoms with Gasteiger partial charge in [0.2, 0.25) is 0 Å². The topological polar surface area (TPSA) is 50.9 Å². The summed E-state index contributed by atoms with van der Waals surface area (Å²) in [4.78, 5) is 0. The van der Waals surface area contributed by atoms with E-state index in [-0.39, 0.29) is 5.82 Å². The fraction of sp³-hybridized carbons (Fsp3) is 0.385. The molecule has 0 fully saturated rings. The Hall–Kier alpha value is -1.75. The van der Waals surface area contributed by atoms with Gasteiger partial charge in [-0.1, -0.05) is 18.2 Å². The Bertz CT molecular complexity index is 519. The van der Waals surface area contributed by atoms with Crippen LogP contribution < -0.4 is 0 Å². The molecule has 2 aromatic rings. The van der Waals surface area contributed by atoms with Gasteiger partial charge in [0.1, 0.15) is 11.9 Å². The molecule has 96 valence electrons. The van der Waals surface area contributed by atoms with Crippen molar-refractivity contribution in [1.29, 1.82) is 0 Å². The van der Waals surface area contributed by atoms with Crippen LogP contribution in [0.5, 0.6) is 0 Å². The molecular weight excluding hydrogens is 233 g/mol. The molecule has 2 rings (SSSR count). The zero-order valence-corrected chi connectivity index (χ0v) is 10.5. The van der Waals surface area contributed by atoms with E-state index in [1.54, 1.807) is 17.7 Å². The average Bonchev–Trinajstić information content (AvgIpc) is 2.75. The molecule has 1 aromatic heterocycles. The van der Waals surface area contributed by atoms with Gasteiger partial charge in [0.15, 0.2) is 0 Å². The van der Waals surface area contributed by atoms with Crippen LogP contribution in [0.15, 0.2) is 24.4 Å². The quantitative estimate of drug-likeness (QED) is 0.903. The summed E-state index contributed by atoms with van der Waals surface area (Å²) in [5.41, 5.74) is 1.88. The predicted octanol–water partition coefficient (Wildman–Crippen LogP) is 2.22. The van der Waals surface area contributed by atoms with Crippen LogP contribution in [0.3, 0.4) is 0 Å². The molecule has 0 amide bonds. The lowest BCUT2D eigenvalue weighted by Gasteiger charge is -2.13. The minimum Gasteiger partial charge on any atom is -0.382 e. The third-order valence-electron chi connectivity index (χ3n) is 2.74. The van der Waals surface area contributed by atoms with Gasteiger partial charge < -0.3 is 5.11 Å². The molecule has 18 heavy (non-hydrogen) atoms. The number of rotatable bonds is 4. The van der Waals surface area contributed by atoms with Crippen molar-refractivity contribution < 1.29 is 9.50 Å². The molecular formula is C13H16FN3O. The second kappa shape index (κ2) is 5.27. The van der Waals surface area contributed by atoms with E-state index in [4.69, 9.17) is 0 Å². The number of halogens is 1. The molecule has 0 saturated heterocycles. The number of aromatic nitrogens is 3. The molecule has 1 atom stereocenters. The van der Waals surface area contributed by atoms with Gasteiger partial charge in [-0.05, 0) is 36.6 Å². The summed E-state index contributed by atoms with van der Waals surface area (Å²) in [6.45, 7) is 4.49. The molecule has 4 nitrogen and oxygen atoms in total. The summed E-state index contributed by atoms with van der Waals surface area (Å²) in [6, 6.07) is 4.52. The Labute approximate surface area is 105 Å². The van der Waals surface area contributed by atoms with Crippen molar-refractivity contribution in [3.8, 4) is 0 Å². The van der Waals surface area contributed by atoms with E-state index < -0.39 is 6.10 Å². The van der Waals surface area contributed by atoms with Crippen molar-refractivity contribution in [2.24, 2.45) is 0 Å². The highest BCUT2D eigenvalue weighted by atomic mass is 19.1. The van der Waals surface area contributed by atoms with Crippen LogP contribution in [0.25, 0.3) is 0 Å². The van der Waals surface area contributed by atoms with Crippen LogP contribution in [-0.2, 0) is 6.54 Å². The number of benzene rings is 1. The second-order valence-corrected chi connectivity index (χ2v) is 4.35. The Kier molecular flexibility index (Phi) is 3.72. The number of aryl methyl sites for hydroxylation is 2. The Morgan fingerprint density at radius 3 is 2.83 bits per heavy atom. The molecule has 0 aliphatic rings. The summed E-state index contributed by atoms with van der Waals surface area (Å²) in [5, 5.41) is 18.0. The van der Waals surface area contributed by atoms with Gasteiger partial charge in [-0.15, -0.1) is 5.10 Å². The van der Waals surface area contributed by atoms with E-state index in [2.05, 4.69) is 10.3 Å². The molecule has 1 heterocycles. The number of hydrogen-bond donors (Lipinski definition) is 1. The summed E-state index contributed by atoms with van der Waals surface area (Å²) in [7, 11) is 0. The van der Waals surface area contributed by atoms with Crippen LogP contribution in [0.2, 0.25) is 0 Å². The van der Waals surface area contributed by atoms with Crippen molar-refractivity contribution in [1.82, 2.24) is 15.0 Å². The van der Waals surface area contributed by atoms with Crippen molar-refractivity contribution in [2.45, 2.75) is 32.9 Å². The van der Waals surface area contributed by atoms with Crippen molar-refractivity contribution in [3.63, 3.8) is 0 Å². The summed E-state index contributed by atoms with van der Waals surface area (Å²) in [6.07, 6.45) is 1.51. The summed E-state index contributed by atoms with van der Waals surface area (Å²) in [5.74, 6) is -0.349. The largest absolute Gasteiger partial charge is 0.382 e. The molecule has 0 radical (unpaired) electrons. The highest BCUT2D eigenvalue weighted by Crippen LogP contribution is 2.23. The molecule has 0 saturated carbocycles. The summed E-state index contributed by atoms with van der Waals surface area (Å²) >= 11 is 0. The lowest BCUT2D eigenvalue weighted by atomic mass is 10.0. The zero-order valence-electron chi connectivity index (χ0n) is 10.5. The Balaban J connectivity index is 2.34. The van der Waals surface area contributed by atoms with Gasteiger partial charge in [0.05, 0.1) is 11.9 Å². The van der Waals surface area contributed by atoms with E-state index >= 15 is 0 Å². The molecule has 5 heteroatoms. The molecule has 1 unspecified atom stereocenters. The predicted molar refractivity (Wildman–Crippen MR) is 65.5 cm³/mol. The second-order valence-electron chi connectivity index (χ2n) is 4.35. The van der Waals surface area contributed by atoms with Crippen molar-refractivity contribution in [2.75, 3.05) is 0 Å². The van der Waals surface area contributed by atoms with E-state index in [1.165, 1.54) is 18.3 Å². The van der Waals surface area contributed by atoms with E-state index in [0.717, 1.165) is 12.0 Å². The lowest BCUT2D eigenvalue weighted by molar-refractivity contribution is 0.207. The Morgan fingerprint density at radius 2 is 2.17 bits per heavy atom. The third-order valence-corrected chi connectivity index (χ3v) is 2.74. The van der Waals surface area contributed by atoms with Gasteiger partial charge in [0.25, 0.3) is 0 Å². The van der Waals surface area contributed by atoms with E-state index in [9.17, 15) is 9.50 Å². The van der Waals surface area contributed by atoms with Crippen LogP contribution in [-0.4, -0.2) is 20.1 Å². The highest BCUT2D eigenvalue weighted by molar-refractivity contribution is 5.29. The first-order valence-electron chi connectivity index (χ1n) is 5.95. The first kappa shape index (κ1) is 12.7. The maximum absolute atomic E-state index is 13.3. The van der Waals surface area contributed by atoms with Crippen LogP contribution >= 0.6 is 0 Å². The van der Waals surface area contributed by atoms with Gasteiger partial charge in [-0.3, -0.25) is 0 Å². The third kappa shape index (κ3) is 2.56. The van der Waals surface area contributed by atoms with Crippen LogP contribution in [0, 0.1) is 12.7 Å². The molecule has 1 N–H and O–H groups in total. The Morgan fingerprint density at radius 1 is 1.39 bits per heavy atom. The highest BCUT2D eigenvalue weighted by Gasteiger charge is 2.17. The average molecular weight is 249 g/mol. The number of hydrogen-bond acceptors (Lipinski definition) is 3. The monoisotopic (exact) mass is 249 g/mol. The maximum Gasteiger partial charge on any atom is 0.123 e. The molecule has 0 bridgehead atoms. The fourth-order valence-electron chi connectivity index (χ4n) is 1.96. The summed E-state index contributed by atoms with van der Waals surface area (Å²) < 4.78 is 15.0. The van der Waals surface area contributed by atoms with E-state index in [0.29, 0.717) is 17.8 Å². The standard InChI is InChI=1S/C13H16FN3O/c1-3-4-17-12(8-15-16-17)13(18)10-5-9(2)6-11(14)7-10/h5-8,13,18H,3-4H2,1-2H3. The number of aliphatic hydroxyl groups is 1. The van der Waals surface area contributed by atoms with Gasteiger partial charge in [-0.25, -0.2) is 9.07 Å². The first-order chi connectivity index (χ1) is 8.61. The van der Waals surface area contributed by atoms with Crippen molar-refractivity contribution >= 4 is 0 Å². The van der Waals surface area contributed by atoms with Crippen molar-refractivity contribution in [3.05, 3.63) is 47.0 Å². The molecule has 1 aromatic carbocycles. The minimum atomic E-state index is -0.902. The van der Waals surface area contributed by atoms with Gasteiger partial charge in [0, 0.05) is 6.54 Å². The number of aliphatic hydroxyl groups excluding tert-OH is 1. The SMILES string of the molecule is CCCn1nncc1C(O)c1cc(C)cc(F)c1. The number of nitrogens with zero attached hydrogens (tertiary/aromatic N) is 3. The van der Waals surface area contributed by atoms with Gasteiger partial charge >= 0.3 is 0 Å². The van der Waals surface area contributed by atoms with Crippen LogP contribution in [0.4, 0.5) is 4.39 Å². The zero-order chi connectivity index (χ0) is 13.1. The smallest absolute Gasteiger partial charge is 0.123 e. The van der Waals surface area contributed by atoms with Crippen LogP contribution in [0.1, 0.15) is 36.3 Å². The van der Waals surface area contributed by atoms with Gasteiger partial charge in [-0.2, -0.15) is 0 Å². The fourth-order valence-corrected chi connectivity index (χ4v) is 1.96. The molecule has 0 aliphatic heterocycles.